The molecule has 0 bridgehead atoms. The summed E-state index contributed by atoms with van der Waals surface area (Å²) in [6.45, 7) is 3.87. The molecule has 0 saturated carbocycles. The van der Waals surface area contributed by atoms with Gasteiger partial charge in [-0.1, -0.05) is 18.2 Å². The van der Waals surface area contributed by atoms with Crippen LogP contribution in [0.15, 0.2) is 24.3 Å². The number of nitrogens with one attached hydrogen (secondary N) is 1. The Hall–Kier alpha value is -1.01. The molecule has 2 N–H and O–H groups in total. The van der Waals surface area contributed by atoms with Crippen molar-refractivity contribution in [1.82, 2.24) is 15.1 Å². The predicted molar refractivity (Wildman–Crippen MR) is 82.6 cm³/mol. The summed E-state index contributed by atoms with van der Waals surface area (Å²) >= 11 is 0. The van der Waals surface area contributed by atoms with E-state index in [1.54, 1.807) is 6.07 Å². The molecule has 0 aliphatic carbocycles. The van der Waals surface area contributed by atoms with E-state index in [9.17, 15) is 9.50 Å². The molecule has 2 rings (SSSR count). The average Bonchev–Trinajstić information content (AvgIpc) is 2.43. The maximum atomic E-state index is 13.7. The third-order valence-corrected chi connectivity index (χ3v) is 3.98. The highest BCUT2D eigenvalue weighted by molar-refractivity contribution is 5.17. The van der Waals surface area contributed by atoms with Crippen LogP contribution in [0.25, 0.3) is 0 Å². The molecule has 118 valence electrons. The minimum absolute atomic E-state index is 0.141. The quantitative estimate of drug-likeness (QED) is 0.818. The molecule has 5 heteroatoms. The topological polar surface area (TPSA) is 38.7 Å². The van der Waals surface area contributed by atoms with Crippen LogP contribution in [0.3, 0.4) is 0 Å². The van der Waals surface area contributed by atoms with Crippen LogP contribution in [0.5, 0.6) is 0 Å². The van der Waals surface area contributed by atoms with Gasteiger partial charge in [0.05, 0.1) is 6.10 Å². The normalized spacial score (nSPS) is 23.7. The lowest BCUT2D eigenvalue weighted by molar-refractivity contribution is 0.0363. The standard InChI is InChI=1S/C16H26FN3O/c1-19(2)10-8-18-15-7-9-20(12-16(15)21)11-13-5-3-4-6-14(13)17/h3-6,15-16,18,21H,7-12H2,1-2H3/t15-,16-/m1/s1. The van der Waals surface area contributed by atoms with E-state index in [0.29, 0.717) is 18.7 Å². The van der Waals surface area contributed by atoms with Crippen molar-refractivity contribution in [2.75, 3.05) is 40.3 Å². The molecule has 0 radical (unpaired) electrons. The zero-order chi connectivity index (χ0) is 15.2. The molecule has 0 aromatic heterocycles. The van der Waals surface area contributed by atoms with Gasteiger partial charge >= 0.3 is 0 Å². The third-order valence-electron chi connectivity index (χ3n) is 3.98. The molecule has 1 fully saturated rings. The van der Waals surface area contributed by atoms with Gasteiger partial charge in [0.15, 0.2) is 0 Å². The Balaban J connectivity index is 1.79. The molecule has 1 aromatic carbocycles. The van der Waals surface area contributed by atoms with Gasteiger partial charge in [0, 0.05) is 44.3 Å². The Morgan fingerprint density at radius 2 is 2.14 bits per heavy atom. The number of aliphatic hydroxyl groups excluding tert-OH is 1. The molecular formula is C16H26FN3O. The minimum Gasteiger partial charge on any atom is -0.390 e. The largest absolute Gasteiger partial charge is 0.390 e. The fourth-order valence-corrected chi connectivity index (χ4v) is 2.72. The molecule has 21 heavy (non-hydrogen) atoms. The number of likely N-dealkylation sites (tertiary alicyclic amines) is 1. The highest BCUT2D eigenvalue weighted by Gasteiger charge is 2.27. The summed E-state index contributed by atoms with van der Waals surface area (Å²) in [6, 6.07) is 6.99. The van der Waals surface area contributed by atoms with Gasteiger partial charge in [-0.05, 0) is 26.6 Å². The molecule has 0 spiro atoms. The van der Waals surface area contributed by atoms with Gasteiger partial charge in [0.1, 0.15) is 5.82 Å². The van der Waals surface area contributed by atoms with Crippen molar-refractivity contribution in [3.8, 4) is 0 Å². The number of benzene rings is 1. The van der Waals surface area contributed by atoms with Gasteiger partial charge in [-0.2, -0.15) is 0 Å². The summed E-state index contributed by atoms with van der Waals surface area (Å²) in [5, 5.41) is 13.6. The van der Waals surface area contributed by atoms with Crippen LogP contribution < -0.4 is 5.32 Å². The lowest BCUT2D eigenvalue weighted by Crippen LogP contribution is -2.53. The average molecular weight is 295 g/mol. The van der Waals surface area contributed by atoms with Crippen molar-refractivity contribution in [3.63, 3.8) is 0 Å². The smallest absolute Gasteiger partial charge is 0.127 e. The number of hydrogen-bond donors (Lipinski definition) is 2. The number of β-amino-alcohol motifs (C(OH)–C–C–N with tert-alkyl or cyclic N) is 1. The van der Waals surface area contributed by atoms with E-state index >= 15 is 0 Å². The Morgan fingerprint density at radius 3 is 2.81 bits per heavy atom. The van der Waals surface area contributed by atoms with Crippen LogP contribution in [-0.4, -0.2) is 67.3 Å². The molecular weight excluding hydrogens is 269 g/mol. The number of likely N-dealkylation sites (N-methyl/N-ethyl adjacent to an activating group) is 1. The second-order valence-electron chi connectivity index (χ2n) is 6.05. The summed E-state index contributed by atoms with van der Waals surface area (Å²) in [5.74, 6) is -0.168. The fourth-order valence-electron chi connectivity index (χ4n) is 2.72. The zero-order valence-corrected chi connectivity index (χ0v) is 12.9. The number of rotatable bonds is 6. The second-order valence-corrected chi connectivity index (χ2v) is 6.05. The molecule has 1 saturated heterocycles. The molecule has 1 aliphatic heterocycles. The Bertz CT molecular complexity index is 441. The van der Waals surface area contributed by atoms with Crippen LogP contribution in [-0.2, 0) is 6.54 Å². The lowest BCUT2D eigenvalue weighted by atomic mass is 10.0. The van der Waals surface area contributed by atoms with Crippen LogP contribution in [0, 0.1) is 5.82 Å². The SMILES string of the molecule is CN(C)CCN[C@@H]1CCN(Cc2ccccc2F)C[C@H]1O. The Labute approximate surface area is 126 Å². The summed E-state index contributed by atoms with van der Waals surface area (Å²) in [5.41, 5.74) is 0.698. The molecule has 1 heterocycles. The van der Waals surface area contributed by atoms with Crippen LogP contribution in [0.4, 0.5) is 4.39 Å². The van der Waals surface area contributed by atoms with E-state index in [0.717, 1.165) is 26.1 Å². The summed E-state index contributed by atoms with van der Waals surface area (Å²) in [6.07, 6.45) is 0.496. The molecule has 0 unspecified atom stereocenters. The van der Waals surface area contributed by atoms with Gasteiger partial charge in [0.2, 0.25) is 0 Å². The molecule has 0 amide bonds. The van der Waals surface area contributed by atoms with E-state index in [4.69, 9.17) is 0 Å². The first-order valence-corrected chi connectivity index (χ1v) is 7.58. The summed E-state index contributed by atoms with van der Waals surface area (Å²) in [4.78, 5) is 4.24. The van der Waals surface area contributed by atoms with Crippen LogP contribution >= 0.6 is 0 Å². The number of halogens is 1. The first-order chi connectivity index (χ1) is 10.1. The van der Waals surface area contributed by atoms with Crippen molar-refractivity contribution in [2.24, 2.45) is 0 Å². The first-order valence-electron chi connectivity index (χ1n) is 7.58. The second kappa shape index (κ2) is 7.84. The van der Waals surface area contributed by atoms with E-state index < -0.39 is 6.10 Å². The number of piperidine rings is 1. The molecule has 4 nitrogen and oxygen atoms in total. The van der Waals surface area contributed by atoms with Gasteiger partial charge in [0.25, 0.3) is 0 Å². The molecule has 1 aromatic rings. The number of aliphatic hydroxyl groups is 1. The molecule has 1 aliphatic rings. The van der Waals surface area contributed by atoms with E-state index in [2.05, 4.69) is 15.1 Å². The Kier molecular flexibility index (Phi) is 6.11. The summed E-state index contributed by atoms with van der Waals surface area (Å²) < 4.78 is 13.7. The lowest BCUT2D eigenvalue weighted by Gasteiger charge is -2.36. The van der Waals surface area contributed by atoms with Crippen LogP contribution in [0.2, 0.25) is 0 Å². The van der Waals surface area contributed by atoms with Crippen molar-refractivity contribution >= 4 is 0 Å². The van der Waals surface area contributed by atoms with Crippen LogP contribution in [0.1, 0.15) is 12.0 Å². The molecule has 2 atom stereocenters. The van der Waals surface area contributed by atoms with Gasteiger partial charge in [-0.15, -0.1) is 0 Å². The number of nitrogens with zero attached hydrogens (tertiary/aromatic N) is 2. The van der Waals surface area contributed by atoms with Gasteiger partial charge in [-0.3, -0.25) is 4.90 Å². The maximum absolute atomic E-state index is 13.7. The third kappa shape index (κ3) is 5.04. The fraction of sp³-hybridized carbons (Fsp3) is 0.625. The van der Waals surface area contributed by atoms with Gasteiger partial charge in [-0.25, -0.2) is 4.39 Å². The number of hydrogen-bond acceptors (Lipinski definition) is 4. The first kappa shape index (κ1) is 16.4. The monoisotopic (exact) mass is 295 g/mol. The van der Waals surface area contributed by atoms with Crippen molar-refractivity contribution in [1.29, 1.82) is 0 Å². The van der Waals surface area contributed by atoms with E-state index in [1.165, 1.54) is 6.07 Å². The van der Waals surface area contributed by atoms with Crippen molar-refractivity contribution in [2.45, 2.75) is 25.1 Å². The van der Waals surface area contributed by atoms with Crippen molar-refractivity contribution < 1.29 is 9.50 Å². The van der Waals surface area contributed by atoms with E-state index in [-0.39, 0.29) is 11.9 Å². The van der Waals surface area contributed by atoms with Gasteiger partial charge < -0.3 is 15.3 Å². The zero-order valence-electron chi connectivity index (χ0n) is 12.9. The minimum atomic E-state index is -0.396. The Morgan fingerprint density at radius 1 is 1.38 bits per heavy atom. The maximum Gasteiger partial charge on any atom is 0.127 e. The highest BCUT2D eigenvalue weighted by Crippen LogP contribution is 2.16. The van der Waals surface area contributed by atoms with Crippen molar-refractivity contribution in [3.05, 3.63) is 35.6 Å². The summed E-state index contributed by atoms with van der Waals surface area (Å²) in [7, 11) is 4.07. The predicted octanol–water partition coefficient (Wildman–Crippen LogP) is 0.912. The highest BCUT2D eigenvalue weighted by atomic mass is 19.1. The van der Waals surface area contributed by atoms with E-state index in [1.807, 2.05) is 26.2 Å².